The molecule has 1 aliphatic heterocycles. The fourth-order valence-corrected chi connectivity index (χ4v) is 4.45. The fourth-order valence-electron chi connectivity index (χ4n) is 4.45. The Bertz CT molecular complexity index is 1110. The van der Waals surface area contributed by atoms with Crippen LogP contribution in [0.2, 0.25) is 0 Å². The second-order valence-corrected chi connectivity index (χ2v) is 8.04. The highest BCUT2D eigenvalue weighted by atomic mass is 16.5. The van der Waals surface area contributed by atoms with E-state index >= 15 is 0 Å². The molecular weight excluding hydrogens is 430 g/mol. The Labute approximate surface area is 192 Å². The summed E-state index contributed by atoms with van der Waals surface area (Å²) in [5.41, 5.74) is 0.533. The molecule has 1 aliphatic carbocycles. The number of allylic oxidation sites excluding steroid dienone is 2. The third kappa shape index (κ3) is 4.66. The summed E-state index contributed by atoms with van der Waals surface area (Å²) < 4.78 is 18.4. The summed E-state index contributed by atoms with van der Waals surface area (Å²) in [5.74, 6) is -3.10. The molecule has 1 aromatic heterocycles. The zero-order chi connectivity index (χ0) is 24.3. The summed E-state index contributed by atoms with van der Waals surface area (Å²) in [5, 5.41) is 0. The number of hydrogen-bond donors (Lipinski definition) is 0. The highest BCUT2D eigenvalue weighted by molar-refractivity contribution is 5.95. The van der Waals surface area contributed by atoms with Crippen molar-refractivity contribution >= 4 is 11.9 Å². The Balaban J connectivity index is 2.31. The van der Waals surface area contributed by atoms with Crippen LogP contribution in [0.3, 0.4) is 0 Å². The largest absolute Gasteiger partial charge is 0.465 e. The van der Waals surface area contributed by atoms with Gasteiger partial charge in [-0.25, -0.2) is 9.59 Å². The fraction of sp³-hybridized carbons (Fsp3) is 0.565. The monoisotopic (exact) mass is 461 g/mol. The summed E-state index contributed by atoms with van der Waals surface area (Å²) in [4.78, 5) is 54.0. The Morgan fingerprint density at radius 1 is 1.09 bits per heavy atom. The molecule has 0 N–H and O–H groups in total. The lowest BCUT2D eigenvalue weighted by molar-refractivity contribution is -0.148. The van der Waals surface area contributed by atoms with Gasteiger partial charge < -0.3 is 23.7 Å². The third-order valence-corrected chi connectivity index (χ3v) is 5.97. The minimum Gasteiger partial charge on any atom is -0.465 e. The van der Waals surface area contributed by atoms with Gasteiger partial charge in [0.1, 0.15) is 5.92 Å². The lowest BCUT2D eigenvalue weighted by Gasteiger charge is -2.40. The molecule has 0 radical (unpaired) electrons. The molecule has 0 unspecified atom stereocenters. The van der Waals surface area contributed by atoms with Gasteiger partial charge in [-0.3, -0.25) is 14.2 Å². The zero-order valence-electron chi connectivity index (χ0n) is 19.8. The smallest absolute Gasteiger partial charge is 0.334 e. The standard InChI is InChI=1S/C23H31N3O7/c1-6-32-21(28)17-14(3)12-16(26-8-10-31-11-9-26)19(22(29)33-7-2)18(17)15-13-24(4)23(30)25(5)20(15)27/h12-13,18-19H,6-11H2,1-5H3/t18-,19-/m1/s1. The number of aryl methyl sites for hydroxylation is 1. The number of morpholine rings is 1. The summed E-state index contributed by atoms with van der Waals surface area (Å²) in [7, 11) is 2.89. The average molecular weight is 462 g/mol. The molecule has 1 aromatic rings. The van der Waals surface area contributed by atoms with Crippen molar-refractivity contribution in [1.82, 2.24) is 14.0 Å². The van der Waals surface area contributed by atoms with Gasteiger partial charge in [0.05, 0.1) is 26.4 Å². The molecule has 33 heavy (non-hydrogen) atoms. The van der Waals surface area contributed by atoms with Gasteiger partial charge in [-0.2, -0.15) is 0 Å². The summed E-state index contributed by atoms with van der Waals surface area (Å²) >= 11 is 0. The van der Waals surface area contributed by atoms with Gasteiger partial charge in [0.2, 0.25) is 0 Å². The molecule has 180 valence electrons. The van der Waals surface area contributed by atoms with E-state index in [1.807, 2.05) is 4.90 Å². The first kappa shape index (κ1) is 24.5. The van der Waals surface area contributed by atoms with E-state index in [-0.39, 0.29) is 24.4 Å². The van der Waals surface area contributed by atoms with Crippen LogP contribution in [0.25, 0.3) is 0 Å². The molecule has 0 amide bonds. The summed E-state index contributed by atoms with van der Waals surface area (Å²) in [6.45, 7) is 7.52. The quantitative estimate of drug-likeness (QED) is 0.562. The molecule has 2 aliphatic rings. The molecule has 1 fully saturated rings. The highest BCUT2D eigenvalue weighted by Crippen LogP contribution is 2.43. The lowest BCUT2D eigenvalue weighted by Crippen LogP contribution is -2.46. The van der Waals surface area contributed by atoms with Crippen molar-refractivity contribution in [2.45, 2.75) is 26.7 Å². The van der Waals surface area contributed by atoms with Crippen LogP contribution >= 0.6 is 0 Å². The van der Waals surface area contributed by atoms with Crippen molar-refractivity contribution in [3.8, 4) is 0 Å². The molecule has 1 saturated heterocycles. The number of aromatic nitrogens is 2. The zero-order valence-corrected chi connectivity index (χ0v) is 19.8. The second-order valence-electron chi connectivity index (χ2n) is 8.04. The molecule has 10 heteroatoms. The van der Waals surface area contributed by atoms with E-state index in [0.717, 1.165) is 4.57 Å². The Morgan fingerprint density at radius 2 is 1.73 bits per heavy atom. The minimum atomic E-state index is -0.976. The maximum atomic E-state index is 13.3. The van der Waals surface area contributed by atoms with Gasteiger partial charge in [-0.1, -0.05) is 0 Å². The van der Waals surface area contributed by atoms with Gasteiger partial charge in [0.25, 0.3) is 5.56 Å². The van der Waals surface area contributed by atoms with E-state index in [2.05, 4.69) is 0 Å². The second kappa shape index (κ2) is 10.2. The van der Waals surface area contributed by atoms with Crippen LogP contribution in [0.1, 0.15) is 32.3 Å². The predicted molar refractivity (Wildman–Crippen MR) is 120 cm³/mol. The van der Waals surface area contributed by atoms with Crippen LogP contribution < -0.4 is 11.2 Å². The molecular formula is C23H31N3O7. The normalized spacial score (nSPS) is 21.0. The molecule has 2 atom stereocenters. The van der Waals surface area contributed by atoms with Crippen molar-refractivity contribution in [2.75, 3.05) is 39.5 Å². The number of carbonyl (C=O) groups excluding carboxylic acids is 2. The first-order valence-corrected chi connectivity index (χ1v) is 11.1. The van der Waals surface area contributed by atoms with Crippen molar-refractivity contribution in [3.05, 3.63) is 55.5 Å². The Kier molecular flexibility index (Phi) is 7.57. The van der Waals surface area contributed by atoms with E-state index in [1.54, 1.807) is 26.8 Å². The number of esters is 2. The van der Waals surface area contributed by atoms with Gasteiger partial charge >= 0.3 is 17.6 Å². The molecule has 0 spiro atoms. The van der Waals surface area contributed by atoms with E-state index in [0.29, 0.717) is 37.6 Å². The summed E-state index contributed by atoms with van der Waals surface area (Å²) in [6, 6.07) is 0. The molecule has 0 aromatic carbocycles. The molecule has 10 nitrogen and oxygen atoms in total. The van der Waals surface area contributed by atoms with Crippen molar-refractivity contribution in [2.24, 2.45) is 20.0 Å². The van der Waals surface area contributed by atoms with E-state index in [1.165, 1.54) is 24.9 Å². The van der Waals surface area contributed by atoms with Gasteiger partial charge in [-0.15, -0.1) is 0 Å². The molecule has 3 rings (SSSR count). The van der Waals surface area contributed by atoms with Crippen LogP contribution in [0, 0.1) is 5.92 Å². The SMILES string of the molecule is CCOC(=O)C1=C(C)C=C(N2CCOCC2)[C@@H](C(=O)OCC)[C@@H]1c1cn(C)c(=O)n(C)c1=O. The molecule has 2 heterocycles. The Morgan fingerprint density at radius 3 is 2.33 bits per heavy atom. The number of rotatable bonds is 6. The van der Waals surface area contributed by atoms with Crippen molar-refractivity contribution < 1.29 is 23.8 Å². The Hall–Kier alpha value is -3.14. The maximum Gasteiger partial charge on any atom is 0.334 e. The van der Waals surface area contributed by atoms with Gasteiger partial charge in [0.15, 0.2) is 0 Å². The van der Waals surface area contributed by atoms with Crippen molar-refractivity contribution in [3.63, 3.8) is 0 Å². The van der Waals surface area contributed by atoms with Crippen molar-refractivity contribution in [1.29, 1.82) is 0 Å². The van der Waals surface area contributed by atoms with Crippen LogP contribution in [0.15, 0.2) is 38.7 Å². The number of ether oxygens (including phenoxy) is 3. The first-order valence-electron chi connectivity index (χ1n) is 11.1. The molecule has 0 saturated carbocycles. The minimum absolute atomic E-state index is 0.137. The summed E-state index contributed by atoms with van der Waals surface area (Å²) in [6.07, 6.45) is 3.19. The number of nitrogens with zero attached hydrogens (tertiary/aromatic N) is 3. The van der Waals surface area contributed by atoms with Crippen LogP contribution in [0.4, 0.5) is 0 Å². The van der Waals surface area contributed by atoms with Gasteiger partial charge in [-0.05, 0) is 32.4 Å². The lowest BCUT2D eigenvalue weighted by atomic mass is 9.73. The average Bonchev–Trinajstić information content (AvgIpc) is 2.80. The van der Waals surface area contributed by atoms with Gasteiger partial charge in [0, 0.05) is 56.1 Å². The van der Waals surface area contributed by atoms with Crippen LogP contribution in [-0.4, -0.2) is 65.5 Å². The first-order chi connectivity index (χ1) is 15.7. The predicted octanol–water partition coefficient (Wildman–Crippen LogP) is 0.456. The van der Waals surface area contributed by atoms with Crippen LogP contribution in [-0.2, 0) is 37.9 Å². The molecule has 0 bridgehead atoms. The van der Waals surface area contributed by atoms with E-state index < -0.39 is 35.0 Å². The number of hydrogen-bond acceptors (Lipinski definition) is 8. The maximum absolute atomic E-state index is 13.3. The van der Waals surface area contributed by atoms with Crippen LogP contribution in [0.5, 0.6) is 0 Å². The van der Waals surface area contributed by atoms with E-state index in [9.17, 15) is 19.2 Å². The third-order valence-electron chi connectivity index (χ3n) is 5.97. The van der Waals surface area contributed by atoms with E-state index in [4.69, 9.17) is 14.2 Å². The highest BCUT2D eigenvalue weighted by Gasteiger charge is 2.45. The topological polar surface area (TPSA) is 109 Å². The number of carbonyl (C=O) groups is 2.